The Labute approximate surface area is 125 Å². The predicted octanol–water partition coefficient (Wildman–Crippen LogP) is 3.75. The molecule has 0 nitrogen and oxygen atoms in total. The molecule has 0 aromatic heterocycles. The van der Waals surface area contributed by atoms with E-state index in [0.717, 1.165) is 0 Å². The summed E-state index contributed by atoms with van der Waals surface area (Å²) in [5.41, 5.74) is 0. The van der Waals surface area contributed by atoms with Gasteiger partial charge in [-0.15, -0.1) is 0 Å². The van der Waals surface area contributed by atoms with E-state index < -0.39 is 11.0 Å². The molecule has 0 unspecified atom stereocenters. The maximum atomic E-state index is 2.33. The van der Waals surface area contributed by atoms with Gasteiger partial charge >= 0.3 is 126 Å². The second-order valence-corrected chi connectivity index (χ2v) is 22.3. The maximum absolute atomic E-state index is 2.33. The van der Waals surface area contributed by atoms with Gasteiger partial charge in [0.05, 0.1) is 0 Å². The topological polar surface area (TPSA) is 0 Å². The minimum atomic E-state index is -2.32. The van der Waals surface area contributed by atoms with Crippen LogP contribution in [0.5, 0.6) is 0 Å². The summed E-state index contributed by atoms with van der Waals surface area (Å²) < 4.78 is 3.15. The SMILES string of the molecule is CC[S][Ge]([S]CC)([c]1ccccc1)[c]1ccccc1. The van der Waals surface area contributed by atoms with Crippen molar-refractivity contribution in [2.75, 3.05) is 11.5 Å². The average molecular weight is 349 g/mol. The van der Waals surface area contributed by atoms with Gasteiger partial charge in [0.2, 0.25) is 0 Å². The molecule has 0 bridgehead atoms. The summed E-state index contributed by atoms with van der Waals surface area (Å²) >= 11 is 0. The first-order valence-corrected chi connectivity index (χ1v) is 15.9. The molecule has 0 saturated heterocycles. The molecule has 0 amide bonds. The zero-order valence-corrected chi connectivity index (χ0v) is 15.2. The molecule has 0 saturated carbocycles. The first kappa shape index (κ1) is 15.1. The third-order valence-corrected chi connectivity index (χ3v) is 26.3. The van der Waals surface area contributed by atoms with Crippen LogP contribution in [0.1, 0.15) is 13.8 Å². The van der Waals surface area contributed by atoms with E-state index in [9.17, 15) is 0 Å². The summed E-state index contributed by atoms with van der Waals surface area (Å²) in [6.45, 7) is 4.57. The summed E-state index contributed by atoms with van der Waals surface area (Å²) in [7, 11) is 2.09. The molecule has 2 aromatic carbocycles. The number of hydrogen-bond donors (Lipinski definition) is 0. The quantitative estimate of drug-likeness (QED) is 0.729. The minimum absolute atomic E-state index is 1.19. The molecule has 0 fully saturated rings. The number of rotatable bonds is 6. The van der Waals surface area contributed by atoms with Crippen molar-refractivity contribution in [2.24, 2.45) is 0 Å². The number of hydrogen-bond acceptors (Lipinski definition) is 2. The van der Waals surface area contributed by atoms with Gasteiger partial charge in [0.1, 0.15) is 0 Å². The molecule has 2 aromatic rings. The van der Waals surface area contributed by atoms with E-state index >= 15 is 0 Å². The van der Waals surface area contributed by atoms with Crippen molar-refractivity contribution in [2.45, 2.75) is 13.8 Å². The number of benzene rings is 2. The van der Waals surface area contributed by atoms with E-state index in [1.807, 2.05) is 0 Å². The van der Waals surface area contributed by atoms with Crippen molar-refractivity contribution in [3.63, 3.8) is 0 Å². The van der Waals surface area contributed by atoms with Gasteiger partial charge in [-0.05, 0) is 0 Å². The zero-order valence-electron chi connectivity index (χ0n) is 11.5. The van der Waals surface area contributed by atoms with Crippen LogP contribution in [-0.2, 0) is 0 Å². The van der Waals surface area contributed by atoms with E-state index in [-0.39, 0.29) is 0 Å². The van der Waals surface area contributed by atoms with Gasteiger partial charge in [-0.25, -0.2) is 0 Å². The third-order valence-electron chi connectivity index (χ3n) is 3.00. The molecule has 0 heterocycles. The van der Waals surface area contributed by atoms with E-state index in [1.54, 1.807) is 8.79 Å². The molecule has 0 aliphatic carbocycles. The van der Waals surface area contributed by atoms with Crippen molar-refractivity contribution >= 4 is 39.9 Å². The molecule has 0 spiro atoms. The summed E-state index contributed by atoms with van der Waals surface area (Å²) in [5, 5.41) is 0. The van der Waals surface area contributed by atoms with E-state index in [0.29, 0.717) is 0 Å². The molecule has 0 aliphatic rings. The fourth-order valence-corrected chi connectivity index (χ4v) is 24.8. The van der Waals surface area contributed by atoms with Crippen LogP contribution in [-0.4, -0.2) is 22.5 Å². The molecule has 0 radical (unpaired) electrons. The van der Waals surface area contributed by atoms with Crippen LogP contribution in [0, 0.1) is 0 Å². The van der Waals surface area contributed by atoms with Gasteiger partial charge in [0.15, 0.2) is 0 Å². The molecule has 0 atom stereocenters. The van der Waals surface area contributed by atoms with E-state index in [2.05, 4.69) is 94.7 Å². The predicted molar refractivity (Wildman–Crippen MR) is 94.2 cm³/mol. The van der Waals surface area contributed by atoms with Crippen LogP contribution in [0.15, 0.2) is 60.7 Å². The van der Waals surface area contributed by atoms with Gasteiger partial charge in [-0.1, -0.05) is 0 Å². The van der Waals surface area contributed by atoms with Crippen LogP contribution in [0.25, 0.3) is 0 Å². The molecule has 2 rings (SSSR count). The normalized spacial score (nSPS) is 11.5. The average Bonchev–Trinajstić information content (AvgIpc) is 2.49. The Kier molecular flexibility index (Phi) is 5.92. The second-order valence-electron chi connectivity index (χ2n) is 4.21. The fraction of sp³-hybridized carbons (Fsp3) is 0.250. The van der Waals surface area contributed by atoms with Crippen molar-refractivity contribution in [3.8, 4) is 0 Å². The monoisotopic (exact) mass is 350 g/mol. The Morgan fingerprint density at radius 3 is 1.37 bits per heavy atom. The standard InChI is InChI=1S/C16H20GeS2/c1-3-18-17(19-4-2,15-11-7-5-8-12-15)16-13-9-6-10-14-16/h5-14H,3-4H2,1-2H3. The summed E-state index contributed by atoms with van der Waals surface area (Å²) in [6.07, 6.45) is 0. The first-order chi connectivity index (χ1) is 9.33. The van der Waals surface area contributed by atoms with Gasteiger partial charge in [0.25, 0.3) is 0 Å². The fourth-order valence-electron chi connectivity index (χ4n) is 2.26. The summed E-state index contributed by atoms with van der Waals surface area (Å²) in [4.78, 5) is 0. The summed E-state index contributed by atoms with van der Waals surface area (Å²) in [5.74, 6) is 2.38. The third kappa shape index (κ3) is 3.42. The van der Waals surface area contributed by atoms with Crippen LogP contribution < -0.4 is 8.79 Å². The van der Waals surface area contributed by atoms with Gasteiger partial charge in [-0.2, -0.15) is 0 Å². The van der Waals surface area contributed by atoms with Crippen molar-refractivity contribution in [3.05, 3.63) is 60.7 Å². The zero-order chi connectivity index (χ0) is 13.6. The Bertz CT molecular complexity index is 437. The summed E-state index contributed by atoms with van der Waals surface area (Å²) in [6, 6.07) is 22.3. The van der Waals surface area contributed by atoms with Crippen molar-refractivity contribution in [1.82, 2.24) is 0 Å². The van der Waals surface area contributed by atoms with Crippen LogP contribution in [0.4, 0.5) is 0 Å². The molecule has 100 valence electrons. The molecule has 19 heavy (non-hydrogen) atoms. The van der Waals surface area contributed by atoms with Gasteiger partial charge in [-0.3, -0.25) is 0 Å². The van der Waals surface area contributed by atoms with Crippen molar-refractivity contribution < 1.29 is 0 Å². The Hall–Kier alpha value is -0.317. The Balaban J connectivity index is 2.54. The molecule has 0 N–H and O–H groups in total. The van der Waals surface area contributed by atoms with E-state index in [4.69, 9.17) is 0 Å². The molecular formula is C16H20GeS2. The van der Waals surface area contributed by atoms with Gasteiger partial charge < -0.3 is 0 Å². The Morgan fingerprint density at radius 2 is 1.05 bits per heavy atom. The molecule has 3 heteroatoms. The first-order valence-electron chi connectivity index (χ1n) is 6.72. The van der Waals surface area contributed by atoms with Crippen molar-refractivity contribution in [1.29, 1.82) is 0 Å². The van der Waals surface area contributed by atoms with E-state index in [1.165, 1.54) is 11.5 Å². The van der Waals surface area contributed by atoms with Crippen LogP contribution in [0.3, 0.4) is 0 Å². The molecular weight excluding hydrogens is 329 g/mol. The molecule has 0 aliphatic heterocycles. The van der Waals surface area contributed by atoms with Crippen LogP contribution in [0.2, 0.25) is 0 Å². The van der Waals surface area contributed by atoms with Crippen LogP contribution >= 0.6 is 20.2 Å². The van der Waals surface area contributed by atoms with Gasteiger partial charge in [0, 0.05) is 0 Å². The second kappa shape index (κ2) is 7.46. The Morgan fingerprint density at radius 1 is 0.684 bits per heavy atom.